The molecule has 0 aliphatic carbocycles. The summed E-state index contributed by atoms with van der Waals surface area (Å²) in [4.78, 5) is 27.4. The molecule has 0 saturated carbocycles. The Morgan fingerprint density at radius 1 is 1.26 bits per heavy atom. The first kappa shape index (κ1) is 15.9. The van der Waals surface area contributed by atoms with Crippen molar-refractivity contribution in [2.75, 3.05) is 12.4 Å². The van der Waals surface area contributed by atoms with Crippen molar-refractivity contribution in [2.24, 2.45) is 0 Å². The molecule has 0 aliphatic heterocycles. The van der Waals surface area contributed by atoms with Crippen LogP contribution in [0.1, 0.15) is 15.9 Å². The number of benzene rings is 1. The van der Waals surface area contributed by atoms with Gasteiger partial charge in [-0.3, -0.25) is 9.78 Å². The Morgan fingerprint density at radius 2 is 2.00 bits per heavy atom. The molecule has 1 amide bonds. The third-order valence-corrected chi connectivity index (χ3v) is 2.92. The van der Waals surface area contributed by atoms with Gasteiger partial charge in [-0.15, -0.1) is 0 Å². The number of amides is 1. The molecule has 1 aromatic carbocycles. The molecule has 6 nitrogen and oxygen atoms in total. The number of anilines is 1. The SMILES string of the molecule is COC(=O)c1ccc(NC(=O)/C(C#N)=C\c2cccnc2)cc1. The maximum Gasteiger partial charge on any atom is 0.337 e. The summed E-state index contributed by atoms with van der Waals surface area (Å²) in [6.07, 6.45) is 4.60. The Kier molecular flexibility index (Phi) is 5.21. The van der Waals surface area contributed by atoms with Gasteiger partial charge in [0, 0.05) is 18.1 Å². The van der Waals surface area contributed by atoms with Crippen LogP contribution in [0.5, 0.6) is 0 Å². The molecule has 0 spiro atoms. The third-order valence-electron chi connectivity index (χ3n) is 2.92. The van der Waals surface area contributed by atoms with Gasteiger partial charge in [0.1, 0.15) is 11.6 Å². The summed E-state index contributed by atoms with van der Waals surface area (Å²) in [6.45, 7) is 0. The van der Waals surface area contributed by atoms with Crippen LogP contribution in [0.15, 0.2) is 54.4 Å². The van der Waals surface area contributed by atoms with Crippen LogP contribution in [0.2, 0.25) is 0 Å². The molecule has 0 bridgehead atoms. The number of rotatable bonds is 4. The number of ether oxygens (including phenoxy) is 1. The number of methoxy groups -OCH3 is 1. The minimum atomic E-state index is -0.540. The van der Waals surface area contributed by atoms with Crippen molar-refractivity contribution in [3.8, 4) is 6.07 Å². The van der Waals surface area contributed by atoms with E-state index >= 15 is 0 Å². The molecule has 6 heteroatoms. The predicted molar refractivity (Wildman–Crippen MR) is 84.2 cm³/mol. The lowest BCUT2D eigenvalue weighted by atomic mass is 10.1. The lowest BCUT2D eigenvalue weighted by Gasteiger charge is -2.05. The number of carbonyl (C=O) groups excluding carboxylic acids is 2. The second-order valence-electron chi connectivity index (χ2n) is 4.48. The van der Waals surface area contributed by atoms with Crippen LogP contribution < -0.4 is 5.32 Å². The maximum atomic E-state index is 12.1. The molecule has 0 aliphatic rings. The quantitative estimate of drug-likeness (QED) is 0.532. The highest BCUT2D eigenvalue weighted by Gasteiger charge is 2.10. The highest BCUT2D eigenvalue weighted by Crippen LogP contribution is 2.13. The highest BCUT2D eigenvalue weighted by molar-refractivity contribution is 6.09. The minimum Gasteiger partial charge on any atom is -0.465 e. The number of hydrogen-bond donors (Lipinski definition) is 1. The summed E-state index contributed by atoms with van der Waals surface area (Å²) in [5, 5.41) is 11.7. The van der Waals surface area contributed by atoms with Crippen molar-refractivity contribution in [3.05, 3.63) is 65.5 Å². The molecule has 23 heavy (non-hydrogen) atoms. The zero-order valence-electron chi connectivity index (χ0n) is 12.3. The molecule has 1 aromatic heterocycles. The van der Waals surface area contributed by atoms with E-state index in [2.05, 4.69) is 15.0 Å². The third kappa shape index (κ3) is 4.25. The number of hydrogen-bond acceptors (Lipinski definition) is 5. The zero-order valence-corrected chi connectivity index (χ0v) is 12.3. The van der Waals surface area contributed by atoms with Gasteiger partial charge in [0.25, 0.3) is 5.91 Å². The number of pyridine rings is 1. The van der Waals surface area contributed by atoms with Gasteiger partial charge in [0.2, 0.25) is 0 Å². The monoisotopic (exact) mass is 307 g/mol. The Bertz CT molecular complexity index is 775. The number of nitrogens with zero attached hydrogens (tertiary/aromatic N) is 2. The van der Waals surface area contributed by atoms with Crippen LogP contribution in [0.25, 0.3) is 6.08 Å². The van der Waals surface area contributed by atoms with Crippen molar-refractivity contribution in [2.45, 2.75) is 0 Å². The molecule has 2 aromatic rings. The summed E-state index contributed by atoms with van der Waals surface area (Å²) in [6, 6.07) is 11.5. The smallest absolute Gasteiger partial charge is 0.337 e. The maximum absolute atomic E-state index is 12.1. The van der Waals surface area contributed by atoms with Gasteiger partial charge in [0.15, 0.2) is 0 Å². The second kappa shape index (κ2) is 7.52. The van der Waals surface area contributed by atoms with Gasteiger partial charge in [-0.25, -0.2) is 4.79 Å². The van der Waals surface area contributed by atoms with Crippen LogP contribution in [0.4, 0.5) is 5.69 Å². The Balaban J connectivity index is 2.13. The van der Waals surface area contributed by atoms with Crippen molar-refractivity contribution in [3.63, 3.8) is 0 Å². The Morgan fingerprint density at radius 3 is 2.57 bits per heavy atom. The van der Waals surface area contributed by atoms with E-state index in [-0.39, 0.29) is 5.57 Å². The van der Waals surface area contributed by atoms with Gasteiger partial charge >= 0.3 is 5.97 Å². The average Bonchev–Trinajstić information content (AvgIpc) is 2.60. The fraction of sp³-hybridized carbons (Fsp3) is 0.0588. The number of esters is 1. The van der Waals surface area contributed by atoms with Crippen molar-refractivity contribution < 1.29 is 14.3 Å². The first-order valence-corrected chi connectivity index (χ1v) is 6.65. The molecule has 0 fully saturated rings. The van der Waals surface area contributed by atoms with E-state index in [1.165, 1.54) is 25.3 Å². The van der Waals surface area contributed by atoms with E-state index in [0.29, 0.717) is 16.8 Å². The molecule has 1 heterocycles. The standard InChI is InChI=1S/C17H13N3O3/c1-23-17(22)13-4-6-15(7-5-13)20-16(21)14(10-18)9-12-3-2-8-19-11-12/h2-9,11H,1H3,(H,20,21)/b14-9-. The fourth-order valence-electron chi connectivity index (χ4n) is 1.78. The van der Waals surface area contributed by atoms with Crippen LogP contribution in [0, 0.1) is 11.3 Å². The van der Waals surface area contributed by atoms with E-state index in [1.807, 2.05) is 6.07 Å². The van der Waals surface area contributed by atoms with Gasteiger partial charge < -0.3 is 10.1 Å². The second-order valence-corrected chi connectivity index (χ2v) is 4.48. The lowest BCUT2D eigenvalue weighted by Crippen LogP contribution is -2.13. The lowest BCUT2D eigenvalue weighted by molar-refractivity contribution is -0.112. The van der Waals surface area contributed by atoms with E-state index < -0.39 is 11.9 Å². The zero-order chi connectivity index (χ0) is 16.7. The van der Waals surface area contributed by atoms with E-state index in [4.69, 9.17) is 5.26 Å². The van der Waals surface area contributed by atoms with E-state index in [1.54, 1.807) is 36.7 Å². The average molecular weight is 307 g/mol. The largest absolute Gasteiger partial charge is 0.465 e. The summed E-state index contributed by atoms with van der Waals surface area (Å²) in [5.41, 5.74) is 1.45. The first-order chi connectivity index (χ1) is 11.1. The van der Waals surface area contributed by atoms with Crippen molar-refractivity contribution >= 4 is 23.6 Å². The predicted octanol–water partition coefficient (Wildman–Crippen LogP) is 2.41. The number of carbonyl (C=O) groups is 2. The van der Waals surface area contributed by atoms with Crippen molar-refractivity contribution in [1.29, 1.82) is 5.26 Å². The first-order valence-electron chi connectivity index (χ1n) is 6.65. The number of aromatic nitrogens is 1. The number of nitriles is 1. The van der Waals surface area contributed by atoms with Gasteiger partial charge in [0.05, 0.1) is 12.7 Å². The van der Waals surface area contributed by atoms with Crippen LogP contribution in [-0.2, 0) is 9.53 Å². The van der Waals surface area contributed by atoms with E-state index in [9.17, 15) is 9.59 Å². The molecule has 2 rings (SSSR count). The normalized spacial score (nSPS) is 10.5. The fourth-order valence-corrected chi connectivity index (χ4v) is 1.78. The topological polar surface area (TPSA) is 92.1 Å². The molecule has 0 atom stereocenters. The molecular formula is C17H13N3O3. The molecule has 114 valence electrons. The van der Waals surface area contributed by atoms with Crippen molar-refractivity contribution in [1.82, 2.24) is 4.98 Å². The highest BCUT2D eigenvalue weighted by atomic mass is 16.5. The minimum absolute atomic E-state index is 0.0463. The van der Waals surface area contributed by atoms with Gasteiger partial charge in [-0.2, -0.15) is 5.26 Å². The van der Waals surface area contributed by atoms with Crippen LogP contribution >= 0.6 is 0 Å². The van der Waals surface area contributed by atoms with Crippen LogP contribution in [0.3, 0.4) is 0 Å². The summed E-state index contributed by atoms with van der Waals surface area (Å²) in [5.74, 6) is -1.00. The van der Waals surface area contributed by atoms with Gasteiger partial charge in [-0.1, -0.05) is 6.07 Å². The summed E-state index contributed by atoms with van der Waals surface area (Å²) in [7, 11) is 1.29. The molecular weight excluding hydrogens is 294 g/mol. The molecule has 1 N–H and O–H groups in total. The Labute approximate surface area is 133 Å². The molecule has 0 unspecified atom stereocenters. The number of nitrogens with one attached hydrogen (secondary N) is 1. The molecule has 0 saturated heterocycles. The van der Waals surface area contributed by atoms with Crippen LogP contribution in [-0.4, -0.2) is 24.0 Å². The summed E-state index contributed by atoms with van der Waals surface area (Å²) < 4.78 is 4.59. The summed E-state index contributed by atoms with van der Waals surface area (Å²) >= 11 is 0. The van der Waals surface area contributed by atoms with Gasteiger partial charge in [-0.05, 0) is 42.0 Å². The van der Waals surface area contributed by atoms with E-state index in [0.717, 1.165) is 0 Å². The Hall–Kier alpha value is -3.46. The molecule has 0 radical (unpaired) electrons.